The number of benzene rings is 2. The lowest BCUT2D eigenvalue weighted by atomic mass is 10.2. The van der Waals surface area contributed by atoms with Crippen molar-refractivity contribution in [2.24, 2.45) is 0 Å². The van der Waals surface area contributed by atoms with Gasteiger partial charge in [-0.25, -0.2) is 14.8 Å². The van der Waals surface area contributed by atoms with Crippen LogP contribution in [0.15, 0.2) is 60.1 Å². The Kier molecular flexibility index (Phi) is 5.62. The largest absolute Gasteiger partial charge is 0.497 e. The molecule has 0 saturated carbocycles. The third-order valence-electron chi connectivity index (χ3n) is 4.13. The maximum Gasteiger partial charge on any atom is 0.359 e. The number of hydrogen-bond acceptors (Lipinski definition) is 8. The Morgan fingerprint density at radius 1 is 1.03 bits per heavy atom. The van der Waals surface area contributed by atoms with Crippen LogP contribution in [-0.2, 0) is 9.53 Å². The third kappa shape index (κ3) is 4.41. The normalized spacial score (nSPS) is 10.6. The predicted molar refractivity (Wildman–Crippen MR) is 113 cm³/mol. The van der Waals surface area contributed by atoms with E-state index in [2.05, 4.69) is 20.3 Å². The second-order valence-corrected chi connectivity index (χ2v) is 6.99. The minimum Gasteiger partial charge on any atom is -0.497 e. The number of methoxy groups -OCH3 is 1. The number of thiazole rings is 1. The van der Waals surface area contributed by atoms with Crippen LogP contribution in [0.3, 0.4) is 0 Å². The summed E-state index contributed by atoms with van der Waals surface area (Å²) in [6, 6.07) is 14.6. The molecule has 0 aliphatic carbocycles. The SMILES string of the molecule is COc1ccc(-c2csc(NC(=O)COC(=O)c3cnc4ccccc4n3)n2)cc1. The van der Waals surface area contributed by atoms with E-state index in [-0.39, 0.29) is 5.69 Å². The Labute approximate surface area is 175 Å². The van der Waals surface area contributed by atoms with Crippen molar-refractivity contribution in [3.63, 3.8) is 0 Å². The van der Waals surface area contributed by atoms with E-state index in [4.69, 9.17) is 9.47 Å². The van der Waals surface area contributed by atoms with Crippen molar-refractivity contribution in [3.8, 4) is 17.0 Å². The molecule has 2 heterocycles. The molecule has 9 heteroatoms. The van der Waals surface area contributed by atoms with E-state index in [1.807, 2.05) is 35.7 Å². The van der Waals surface area contributed by atoms with Gasteiger partial charge in [0.2, 0.25) is 0 Å². The monoisotopic (exact) mass is 420 g/mol. The number of fused-ring (bicyclic) bond motifs is 1. The van der Waals surface area contributed by atoms with Gasteiger partial charge in [-0.3, -0.25) is 15.1 Å². The van der Waals surface area contributed by atoms with Crippen LogP contribution in [0, 0.1) is 0 Å². The first kappa shape index (κ1) is 19.5. The van der Waals surface area contributed by atoms with E-state index in [0.717, 1.165) is 17.0 Å². The zero-order valence-electron chi connectivity index (χ0n) is 15.9. The number of para-hydroxylation sites is 2. The van der Waals surface area contributed by atoms with Gasteiger partial charge >= 0.3 is 5.97 Å². The van der Waals surface area contributed by atoms with E-state index in [9.17, 15) is 9.59 Å². The molecule has 150 valence electrons. The van der Waals surface area contributed by atoms with Crippen molar-refractivity contribution < 1.29 is 19.1 Å². The average Bonchev–Trinajstić information content (AvgIpc) is 3.25. The molecule has 0 bridgehead atoms. The highest BCUT2D eigenvalue weighted by atomic mass is 32.1. The Bertz CT molecular complexity index is 1210. The molecule has 0 fully saturated rings. The van der Waals surface area contributed by atoms with Crippen LogP contribution in [0.1, 0.15) is 10.5 Å². The highest BCUT2D eigenvalue weighted by molar-refractivity contribution is 7.14. The Morgan fingerprint density at radius 3 is 2.57 bits per heavy atom. The van der Waals surface area contributed by atoms with Gasteiger partial charge in [-0.2, -0.15) is 0 Å². The number of aromatic nitrogens is 3. The minimum absolute atomic E-state index is 0.0394. The second kappa shape index (κ2) is 8.66. The maximum absolute atomic E-state index is 12.2. The average molecular weight is 420 g/mol. The smallest absolute Gasteiger partial charge is 0.359 e. The summed E-state index contributed by atoms with van der Waals surface area (Å²) in [4.78, 5) is 37.0. The number of ether oxygens (including phenoxy) is 2. The fourth-order valence-electron chi connectivity index (χ4n) is 2.64. The van der Waals surface area contributed by atoms with Crippen LogP contribution in [0.25, 0.3) is 22.3 Å². The molecule has 0 saturated heterocycles. The van der Waals surface area contributed by atoms with Crippen LogP contribution in [0.2, 0.25) is 0 Å². The Hall–Kier alpha value is -3.85. The second-order valence-electron chi connectivity index (χ2n) is 6.13. The molecule has 8 nitrogen and oxygen atoms in total. The highest BCUT2D eigenvalue weighted by Crippen LogP contribution is 2.26. The lowest BCUT2D eigenvalue weighted by Crippen LogP contribution is -2.21. The lowest BCUT2D eigenvalue weighted by Gasteiger charge is -2.05. The first-order valence-electron chi connectivity index (χ1n) is 8.91. The van der Waals surface area contributed by atoms with E-state index < -0.39 is 18.5 Å². The minimum atomic E-state index is -0.721. The number of anilines is 1. The standard InChI is InChI=1S/C21H16N4O4S/c1-28-14-8-6-13(7-9-14)18-12-30-21(24-18)25-19(26)11-29-20(27)17-10-22-15-4-2-3-5-16(15)23-17/h2-10,12H,11H2,1H3,(H,24,25,26). The first-order chi connectivity index (χ1) is 14.6. The molecule has 0 unspecified atom stereocenters. The molecule has 2 aromatic carbocycles. The number of nitrogens with zero attached hydrogens (tertiary/aromatic N) is 3. The third-order valence-corrected chi connectivity index (χ3v) is 4.89. The highest BCUT2D eigenvalue weighted by Gasteiger charge is 2.14. The van der Waals surface area contributed by atoms with Crippen LogP contribution >= 0.6 is 11.3 Å². The summed E-state index contributed by atoms with van der Waals surface area (Å²) >= 11 is 1.28. The summed E-state index contributed by atoms with van der Waals surface area (Å²) in [5, 5.41) is 4.86. The van der Waals surface area contributed by atoms with Crippen molar-refractivity contribution in [1.82, 2.24) is 15.0 Å². The van der Waals surface area contributed by atoms with Crippen molar-refractivity contribution in [1.29, 1.82) is 0 Å². The number of carbonyl (C=O) groups excluding carboxylic acids is 2. The molecule has 0 aliphatic rings. The molecule has 0 radical (unpaired) electrons. The van der Waals surface area contributed by atoms with Crippen molar-refractivity contribution in [3.05, 3.63) is 65.8 Å². The van der Waals surface area contributed by atoms with Gasteiger partial charge in [0.15, 0.2) is 17.4 Å². The van der Waals surface area contributed by atoms with Crippen molar-refractivity contribution >= 4 is 39.4 Å². The van der Waals surface area contributed by atoms with Gasteiger partial charge in [-0.1, -0.05) is 12.1 Å². The van der Waals surface area contributed by atoms with Gasteiger partial charge in [0.1, 0.15) is 5.75 Å². The molecule has 4 rings (SSSR count). The van der Waals surface area contributed by atoms with Gasteiger partial charge < -0.3 is 9.47 Å². The van der Waals surface area contributed by atoms with Crippen LogP contribution in [0.4, 0.5) is 5.13 Å². The first-order valence-corrected chi connectivity index (χ1v) is 9.79. The van der Waals surface area contributed by atoms with Gasteiger partial charge in [0, 0.05) is 10.9 Å². The molecule has 4 aromatic rings. The predicted octanol–water partition coefficient (Wildman–Crippen LogP) is 3.56. The van der Waals surface area contributed by atoms with Gasteiger partial charge in [0.25, 0.3) is 5.91 Å². The van der Waals surface area contributed by atoms with Crippen molar-refractivity contribution in [2.45, 2.75) is 0 Å². The molecule has 0 spiro atoms. The van der Waals surface area contributed by atoms with E-state index in [1.165, 1.54) is 17.5 Å². The molecule has 0 aliphatic heterocycles. The molecule has 2 aromatic heterocycles. The molecule has 0 atom stereocenters. The lowest BCUT2D eigenvalue weighted by molar-refractivity contribution is -0.119. The Balaban J connectivity index is 1.34. The molecular weight excluding hydrogens is 404 g/mol. The summed E-state index contributed by atoms with van der Waals surface area (Å²) in [5.41, 5.74) is 2.90. The summed E-state index contributed by atoms with van der Waals surface area (Å²) in [7, 11) is 1.60. The number of hydrogen-bond donors (Lipinski definition) is 1. The molecule has 30 heavy (non-hydrogen) atoms. The summed E-state index contributed by atoms with van der Waals surface area (Å²) in [6.45, 7) is -0.454. The van der Waals surface area contributed by atoms with E-state index in [0.29, 0.717) is 16.2 Å². The van der Waals surface area contributed by atoms with E-state index in [1.54, 1.807) is 25.3 Å². The number of amides is 1. The fourth-order valence-corrected chi connectivity index (χ4v) is 3.38. The van der Waals surface area contributed by atoms with Crippen LogP contribution < -0.4 is 10.1 Å². The van der Waals surface area contributed by atoms with Crippen LogP contribution in [-0.4, -0.2) is 40.5 Å². The molecular formula is C21H16N4O4S. The fraction of sp³-hybridized carbons (Fsp3) is 0.0952. The van der Waals surface area contributed by atoms with Crippen LogP contribution in [0.5, 0.6) is 5.75 Å². The van der Waals surface area contributed by atoms with Gasteiger partial charge in [-0.15, -0.1) is 11.3 Å². The van der Waals surface area contributed by atoms with E-state index >= 15 is 0 Å². The zero-order valence-corrected chi connectivity index (χ0v) is 16.7. The zero-order chi connectivity index (χ0) is 20.9. The number of nitrogens with one attached hydrogen (secondary N) is 1. The number of esters is 1. The number of rotatable bonds is 6. The van der Waals surface area contributed by atoms with Crippen molar-refractivity contribution in [2.75, 3.05) is 19.0 Å². The molecule has 1 N–H and O–H groups in total. The Morgan fingerprint density at radius 2 is 1.80 bits per heavy atom. The summed E-state index contributed by atoms with van der Waals surface area (Å²) in [6.07, 6.45) is 1.32. The summed E-state index contributed by atoms with van der Waals surface area (Å²) in [5.74, 6) is -0.463. The topological polar surface area (TPSA) is 103 Å². The quantitative estimate of drug-likeness (QED) is 0.476. The van der Waals surface area contributed by atoms with Gasteiger partial charge in [0.05, 0.1) is 30.0 Å². The summed E-state index contributed by atoms with van der Waals surface area (Å²) < 4.78 is 10.2. The van der Waals surface area contributed by atoms with Gasteiger partial charge in [-0.05, 0) is 36.4 Å². The maximum atomic E-state index is 12.2. The molecule has 1 amide bonds. The number of carbonyl (C=O) groups is 2.